The van der Waals surface area contributed by atoms with Crippen molar-refractivity contribution >= 4 is 28.1 Å². The molecule has 2 heterocycles. The van der Waals surface area contributed by atoms with Crippen LogP contribution in [0.5, 0.6) is 0 Å². The van der Waals surface area contributed by atoms with Crippen LogP contribution in [0.15, 0.2) is 53.9 Å². The molecule has 2 aromatic carbocycles. The molecular weight excluding hydrogens is 354 g/mol. The molecule has 0 bridgehead atoms. The molecule has 0 fully saturated rings. The molecule has 0 aliphatic carbocycles. The molecule has 3 aromatic rings. The Morgan fingerprint density at radius 2 is 1.85 bits per heavy atom. The van der Waals surface area contributed by atoms with Gasteiger partial charge in [-0.15, -0.1) is 11.3 Å². The van der Waals surface area contributed by atoms with Crippen LogP contribution in [-0.2, 0) is 13.0 Å². The zero-order valence-electron chi connectivity index (χ0n) is 15.6. The molecule has 1 aliphatic rings. The molecule has 0 atom stereocenters. The minimum absolute atomic E-state index is 0.00367. The molecule has 0 radical (unpaired) electrons. The Morgan fingerprint density at radius 1 is 1.11 bits per heavy atom. The van der Waals surface area contributed by atoms with Crippen molar-refractivity contribution in [2.45, 2.75) is 32.7 Å². The van der Waals surface area contributed by atoms with Crippen molar-refractivity contribution in [3.63, 3.8) is 0 Å². The van der Waals surface area contributed by atoms with E-state index in [0.717, 1.165) is 23.8 Å². The van der Waals surface area contributed by atoms with E-state index in [2.05, 4.69) is 66.6 Å². The summed E-state index contributed by atoms with van der Waals surface area (Å²) >= 11 is 1.46. The molecule has 4 nitrogen and oxygen atoms in total. The maximum absolute atomic E-state index is 12.8. The van der Waals surface area contributed by atoms with Crippen LogP contribution in [-0.4, -0.2) is 22.3 Å². The Hall–Kier alpha value is -2.66. The van der Waals surface area contributed by atoms with E-state index in [0.29, 0.717) is 18.2 Å². The van der Waals surface area contributed by atoms with E-state index in [-0.39, 0.29) is 5.91 Å². The van der Waals surface area contributed by atoms with Crippen LogP contribution in [0.4, 0.5) is 10.8 Å². The second kappa shape index (κ2) is 7.53. The Bertz CT molecular complexity index is 946. The molecule has 138 valence electrons. The first kappa shape index (κ1) is 17.7. The number of hydrogen-bond donors (Lipinski definition) is 1. The standard InChI is InChI=1S/C22H23N3OS/c1-15(2)16-7-9-19(10-8-16)23-22-24-20(14-27-22)21(26)25-12-11-17-5-3-4-6-18(17)13-25/h3-10,14-15H,11-13H2,1-2H3,(H,23,24). The fraction of sp³-hybridized carbons (Fsp3) is 0.273. The van der Waals surface area contributed by atoms with E-state index in [1.807, 2.05) is 16.3 Å². The van der Waals surface area contributed by atoms with E-state index < -0.39 is 0 Å². The zero-order chi connectivity index (χ0) is 18.8. The Balaban J connectivity index is 1.44. The average Bonchev–Trinajstić information content (AvgIpc) is 3.16. The van der Waals surface area contributed by atoms with E-state index >= 15 is 0 Å². The van der Waals surface area contributed by atoms with Gasteiger partial charge in [0.1, 0.15) is 5.69 Å². The van der Waals surface area contributed by atoms with Crippen LogP contribution >= 0.6 is 11.3 Å². The molecule has 5 heteroatoms. The second-order valence-corrected chi connectivity index (χ2v) is 8.04. The molecule has 4 rings (SSSR count). The van der Waals surface area contributed by atoms with Gasteiger partial charge in [0, 0.05) is 24.2 Å². The minimum atomic E-state index is 0.00367. The van der Waals surface area contributed by atoms with Crippen molar-refractivity contribution in [3.05, 3.63) is 76.3 Å². The second-order valence-electron chi connectivity index (χ2n) is 7.19. The smallest absolute Gasteiger partial charge is 0.273 e. The molecule has 1 N–H and O–H groups in total. The van der Waals surface area contributed by atoms with Crippen molar-refractivity contribution in [3.8, 4) is 0 Å². The number of thiazole rings is 1. The third-order valence-electron chi connectivity index (χ3n) is 4.97. The fourth-order valence-electron chi connectivity index (χ4n) is 3.34. The van der Waals surface area contributed by atoms with Crippen molar-refractivity contribution in [1.82, 2.24) is 9.88 Å². The molecule has 0 unspecified atom stereocenters. The monoisotopic (exact) mass is 377 g/mol. The van der Waals surface area contributed by atoms with E-state index in [4.69, 9.17) is 0 Å². The van der Waals surface area contributed by atoms with Gasteiger partial charge >= 0.3 is 0 Å². The molecular formula is C22H23N3OS. The molecule has 27 heavy (non-hydrogen) atoms. The summed E-state index contributed by atoms with van der Waals surface area (Å²) in [5.74, 6) is 0.516. The maximum atomic E-state index is 12.8. The van der Waals surface area contributed by atoms with Gasteiger partial charge < -0.3 is 10.2 Å². The summed E-state index contributed by atoms with van der Waals surface area (Å²) < 4.78 is 0. The number of aromatic nitrogens is 1. The normalized spacial score (nSPS) is 13.5. The highest BCUT2D eigenvalue weighted by Gasteiger charge is 2.23. The summed E-state index contributed by atoms with van der Waals surface area (Å²) in [5.41, 5.74) is 5.38. The van der Waals surface area contributed by atoms with E-state index in [9.17, 15) is 4.79 Å². The van der Waals surface area contributed by atoms with Gasteiger partial charge in [-0.2, -0.15) is 0 Å². The molecule has 0 saturated carbocycles. The number of anilines is 2. The summed E-state index contributed by atoms with van der Waals surface area (Å²) in [4.78, 5) is 19.2. The summed E-state index contributed by atoms with van der Waals surface area (Å²) in [6.07, 6.45) is 0.902. The first-order valence-electron chi connectivity index (χ1n) is 9.29. The lowest BCUT2D eigenvalue weighted by Crippen LogP contribution is -2.36. The van der Waals surface area contributed by atoms with Crippen LogP contribution in [0, 0.1) is 0 Å². The summed E-state index contributed by atoms with van der Waals surface area (Å²) in [6, 6.07) is 16.7. The summed E-state index contributed by atoms with van der Waals surface area (Å²) in [7, 11) is 0. The van der Waals surface area contributed by atoms with Gasteiger partial charge in [-0.1, -0.05) is 50.2 Å². The summed E-state index contributed by atoms with van der Waals surface area (Å²) in [6.45, 7) is 5.76. The number of fused-ring (bicyclic) bond motifs is 1. The van der Waals surface area contributed by atoms with Crippen LogP contribution < -0.4 is 5.32 Å². The largest absolute Gasteiger partial charge is 0.333 e. The first-order valence-corrected chi connectivity index (χ1v) is 10.2. The molecule has 0 saturated heterocycles. The fourth-order valence-corrected chi connectivity index (χ4v) is 4.04. The third-order valence-corrected chi connectivity index (χ3v) is 5.73. The number of rotatable bonds is 4. The van der Waals surface area contributed by atoms with Gasteiger partial charge in [0.15, 0.2) is 5.13 Å². The number of nitrogens with zero attached hydrogens (tertiary/aromatic N) is 2. The quantitative estimate of drug-likeness (QED) is 0.679. The molecule has 1 amide bonds. The van der Waals surface area contributed by atoms with Crippen LogP contribution in [0.25, 0.3) is 0 Å². The number of amides is 1. The van der Waals surface area contributed by atoms with Gasteiger partial charge in [0.05, 0.1) is 0 Å². The van der Waals surface area contributed by atoms with Crippen molar-refractivity contribution < 1.29 is 4.79 Å². The first-order chi connectivity index (χ1) is 13.1. The molecule has 0 spiro atoms. The van der Waals surface area contributed by atoms with E-state index in [1.165, 1.54) is 28.0 Å². The van der Waals surface area contributed by atoms with Crippen LogP contribution in [0.2, 0.25) is 0 Å². The van der Waals surface area contributed by atoms with Gasteiger partial charge in [0.25, 0.3) is 5.91 Å². The highest BCUT2D eigenvalue weighted by atomic mass is 32.1. The predicted octanol–water partition coefficient (Wildman–Crippen LogP) is 5.21. The number of hydrogen-bond acceptors (Lipinski definition) is 4. The van der Waals surface area contributed by atoms with E-state index in [1.54, 1.807) is 0 Å². The lowest BCUT2D eigenvalue weighted by molar-refractivity contribution is 0.0729. The van der Waals surface area contributed by atoms with Gasteiger partial charge in [0.2, 0.25) is 0 Å². The van der Waals surface area contributed by atoms with Crippen molar-refractivity contribution in [1.29, 1.82) is 0 Å². The predicted molar refractivity (Wildman–Crippen MR) is 111 cm³/mol. The Kier molecular flexibility index (Phi) is 4.94. The van der Waals surface area contributed by atoms with Gasteiger partial charge in [-0.25, -0.2) is 4.98 Å². The number of carbonyl (C=O) groups excluding carboxylic acids is 1. The topological polar surface area (TPSA) is 45.2 Å². The van der Waals surface area contributed by atoms with Crippen LogP contribution in [0.3, 0.4) is 0 Å². The maximum Gasteiger partial charge on any atom is 0.273 e. The highest BCUT2D eigenvalue weighted by molar-refractivity contribution is 7.14. The number of benzene rings is 2. The molecule has 1 aliphatic heterocycles. The SMILES string of the molecule is CC(C)c1ccc(Nc2nc(C(=O)N3CCc4ccccc4C3)cs2)cc1. The van der Waals surface area contributed by atoms with Crippen molar-refractivity contribution in [2.75, 3.05) is 11.9 Å². The lowest BCUT2D eigenvalue weighted by Gasteiger charge is -2.28. The van der Waals surface area contributed by atoms with Crippen LogP contribution in [0.1, 0.15) is 46.9 Å². The van der Waals surface area contributed by atoms with Crippen molar-refractivity contribution in [2.24, 2.45) is 0 Å². The lowest BCUT2D eigenvalue weighted by atomic mass is 10.00. The zero-order valence-corrected chi connectivity index (χ0v) is 16.4. The van der Waals surface area contributed by atoms with Gasteiger partial charge in [-0.05, 0) is 41.2 Å². The number of nitrogens with one attached hydrogen (secondary N) is 1. The summed E-state index contributed by atoms with van der Waals surface area (Å²) in [5, 5.41) is 5.89. The Labute approximate surface area is 163 Å². The third kappa shape index (κ3) is 3.88. The number of carbonyl (C=O) groups is 1. The average molecular weight is 378 g/mol. The molecule has 1 aromatic heterocycles. The minimum Gasteiger partial charge on any atom is -0.333 e. The van der Waals surface area contributed by atoms with Gasteiger partial charge in [-0.3, -0.25) is 4.79 Å². The Morgan fingerprint density at radius 3 is 2.59 bits per heavy atom. The highest BCUT2D eigenvalue weighted by Crippen LogP contribution is 2.25.